The zero-order valence-electron chi connectivity index (χ0n) is 20.9. The number of nitrogens with zero attached hydrogens (tertiary/aromatic N) is 4. The van der Waals surface area contributed by atoms with Crippen molar-refractivity contribution in [2.75, 3.05) is 13.2 Å². The molecule has 36 heavy (non-hydrogen) atoms. The zero-order valence-corrected chi connectivity index (χ0v) is 21.7. The fourth-order valence-electron chi connectivity index (χ4n) is 3.79. The Labute approximate surface area is 214 Å². The second-order valence-electron chi connectivity index (χ2n) is 8.25. The van der Waals surface area contributed by atoms with Gasteiger partial charge in [-0.05, 0) is 66.1 Å². The van der Waals surface area contributed by atoms with E-state index < -0.39 is 6.10 Å². The van der Waals surface area contributed by atoms with E-state index in [0.717, 1.165) is 28.3 Å². The lowest BCUT2D eigenvalue weighted by molar-refractivity contribution is -0.156. The summed E-state index contributed by atoms with van der Waals surface area (Å²) in [7, 11) is 1.83. The van der Waals surface area contributed by atoms with Gasteiger partial charge in [0, 0.05) is 35.4 Å². The Morgan fingerprint density at radius 1 is 1.03 bits per heavy atom. The van der Waals surface area contributed by atoms with Gasteiger partial charge in [-0.1, -0.05) is 36.4 Å². The van der Waals surface area contributed by atoms with Crippen LogP contribution < -0.4 is 4.74 Å². The van der Waals surface area contributed by atoms with Gasteiger partial charge in [0.05, 0.1) is 6.61 Å². The minimum absolute atomic E-state index is 0.330. The Bertz CT molecular complexity index is 1280. The van der Waals surface area contributed by atoms with E-state index in [-0.39, 0.29) is 5.97 Å². The maximum Gasteiger partial charge on any atom is 0.335 e. The summed E-state index contributed by atoms with van der Waals surface area (Å²) >= 11 is 1.72. The van der Waals surface area contributed by atoms with Gasteiger partial charge >= 0.3 is 5.97 Å². The molecular weight excluding hydrogens is 476 g/mol. The lowest BCUT2D eigenvalue weighted by Gasteiger charge is -2.15. The second-order valence-corrected chi connectivity index (χ2v) is 9.39. The molecule has 0 saturated carbocycles. The van der Waals surface area contributed by atoms with Gasteiger partial charge in [-0.2, -0.15) is 0 Å². The number of benzene rings is 2. The van der Waals surface area contributed by atoms with E-state index in [1.807, 2.05) is 50.4 Å². The molecule has 8 nitrogen and oxygen atoms in total. The number of hydrogen-bond acceptors (Lipinski definition) is 8. The lowest BCUT2D eigenvalue weighted by Crippen LogP contribution is -2.28. The number of rotatable bonds is 11. The Morgan fingerprint density at radius 3 is 2.39 bits per heavy atom. The summed E-state index contributed by atoms with van der Waals surface area (Å²) in [6.07, 6.45) is -0.133. The molecule has 2 heterocycles. The molecule has 0 radical (unpaired) electrons. The highest BCUT2D eigenvalue weighted by atomic mass is 32.1. The van der Waals surface area contributed by atoms with Crippen molar-refractivity contribution in [3.63, 3.8) is 0 Å². The molecule has 0 unspecified atom stereocenters. The van der Waals surface area contributed by atoms with Gasteiger partial charge in [0.15, 0.2) is 11.9 Å². The minimum atomic E-state index is -0.597. The number of carbonyl (C=O) groups excluding carboxylic acids is 1. The van der Waals surface area contributed by atoms with E-state index >= 15 is 0 Å². The van der Waals surface area contributed by atoms with E-state index in [4.69, 9.17) is 14.2 Å². The average Bonchev–Trinajstić information content (AvgIpc) is 3.48. The van der Waals surface area contributed by atoms with Crippen molar-refractivity contribution in [2.24, 2.45) is 7.05 Å². The number of aromatic nitrogens is 4. The SMILES string of the molecule is CCOC(=O)[C@H](Cc1ccc(OCc2sc(-c3ccc(-c4nnnn4C)cc3)cc2C)cc1)OCC. The molecule has 0 aliphatic rings. The third kappa shape index (κ3) is 6.16. The Balaban J connectivity index is 1.37. The molecule has 0 fully saturated rings. The maximum absolute atomic E-state index is 12.1. The fourth-order valence-corrected chi connectivity index (χ4v) is 4.89. The van der Waals surface area contributed by atoms with Gasteiger partial charge in [0.1, 0.15) is 12.4 Å². The normalized spacial score (nSPS) is 11.9. The Kier molecular flexibility index (Phi) is 8.45. The van der Waals surface area contributed by atoms with Gasteiger partial charge in [-0.25, -0.2) is 9.48 Å². The van der Waals surface area contributed by atoms with Gasteiger partial charge in [0.2, 0.25) is 0 Å². The first kappa shape index (κ1) is 25.5. The highest BCUT2D eigenvalue weighted by Gasteiger charge is 2.20. The first-order valence-electron chi connectivity index (χ1n) is 11.9. The molecule has 0 aliphatic heterocycles. The number of ether oxygens (including phenoxy) is 3. The van der Waals surface area contributed by atoms with Crippen LogP contribution in [0.4, 0.5) is 0 Å². The van der Waals surface area contributed by atoms with Crippen molar-refractivity contribution in [2.45, 2.75) is 39.9 Å². The van der Waals surface area contributed by atoms with Crippen LogP contribution in [-0.4, -0.2) is 45.5 Å². The summed E-state index contributed by atoms with van der Waals surface area (Å²) in [5.74, 6) is 1.18. The molecule has 1 atom stereocenters. The summed E-state index contributed by atoms with van der Waals surface area (Å²) in [5.41, 5.74) is 4.30. The number of esters is 1. The minimum Gasteiger partial charge on any atom is -0.488 e. The molecule has 188 valence electrons. The predicted molar refractivity (Wildman–Crippen MR) is 139 cm³/mol. The largest absolute Gasteiger partial charge is 0.488 e. The van der Waals surface area contributed by atoms with E-state index in [0.29, 0.717) is 26.2 Å². The number of aryl methyl sites for hydroxylation is 2. The molecule has 2 aromatic carbocycles. The zero-order chi connectivity index (χ0) is 25.5. The second kappa shape index (κ2) is 11.9. The first-order chi connectivity index (χ1) is 17.5. The van der Waals surface area contributed by atoms with Gasteiger partial charge in [0.25, 0.3) is 0 Å². The van der Waals surface area contributed by atoms with E-state index in [2.05, 4.69) is 40.6 Å². The van der Waals surface area contributed by atoms with E-state index in [1.165, 1.54) is 15.3 Å². The molecule has 0 N–H and O–H groups in total. The van der Waals surface area contributed by atoms with Crippen LogP contribution in [-0.2, 0) is 34.3 Å². The molecule has 2 aromatic heterocycles. The van der Waals surface area contributed by atoms with Gasteiger partial charge < -0.3 is 14.2 Å². The average molecular weight is 507 g/mol. The van der Waals surface area contributed by atoms with Crippen LogP contribution in [0.3, 0.4) is 0 Å². The number of hydrogen-bond donors (Lipinski definition) is 0. The fraction of sp³-hybridized carbons (Fsp3) is 0.333. The molecular formula is C27H30N4O4S. The predicted octanol–water partition coefficient (Wildman–Crippen LogP) is 5.00. The van der Waals surface area contributed by atoms with E-state index in [9.17, 15) is 4.79 Å². The van der Waals surface area contributed by atoms with Gasteiger partial charge in [-0.15, -0.1) is 16.4 Å². The Morgan fingerprint density at radius 2 is 1.75 bits per heavy atom. The molecule has 0 spiro atoms. The molecule has 4 aromatic rings. The lowest BCUT2D eigenvalue weighted by atomic mass is 10.1. The summed E-state index contributed by atoms with van der Waals surface area (Å²) in [4.78, 5) is 14.5. The van der Waals surface area contributed by atoms with Crippen LogP contribution in [0.2, 0.25) is 0 Å². The first-order valence-corrected chi connectivity index (χ1v) is 12.7. The molecule has 0 saturated heterocycles. The quantitative estimate of drug-likeness (QED) is 0.264. The molecule has 9 heteroatoms. The van der Waals surface area contributed by atoms with Crippen molar-refractivity contribution < 1.29 is 19.0 Å². The van der Waals surface area contributed by atoms with Crippen LogP contribution in [0.1, 0.15) is 29.9 Å². The van der Waals surface area contributed by atoms with Crippen molar-refractivity contribution >= 4 is 17.3 Å². The van der Waals surface area contributed by atoms with Crippen molar-refractivity contribution in [3.8, 4) is 27.6 Å². The summed E-state index contributed by atoms with van der Waals surface area (Å²) in [5, 5.41) is 11.7. The summed E-state index contributed by atoms with van der Waals surface area (Å²) in [6, 6.07) is 18.2. The highest BCUT2D eigenvalue weighted by molar-refractivity contribution is 7.15. The molecule has 0 amide bonds. The van der Waals surface area contributed by atoms with Gasteiger partial charge in [-0.3, -0.25) is 0 Å². The standard InChI is InChI=1S/C27H30N4O4S/c1-5-33-23(27(32)34-6-2)16-19-7-13-22(14-8-19)35-17-25-18(3)15-24(36-25)20-9-11-21(12-10-20)26-28-29-30-31(26)4/h7-15,23H,5-6,16-17H2,1-4H3/t23-/m0/s1. The van der Waals surface area contributed by atoms with Crippen molar-refractivity contribution in [1.29, 1.82) is 0 Å². The van der Waals surface area contributed by atoms with Crippen LogP contribution >= 0.6 is 11.3 Å². The number of thiophene rings is 1. The number of carbonyl (C=O) groups is 1. The van der Waals surface area contributed by atoms with Crippen LogP contribution in [0.15, 0.2) is 54.6 Å². The molecule has 0 aliphatic carbocycles. The third-order valence-corrected chi connectivity index (χ3v) is 6.96. The van der Waals surface area contributed by atoms with Crippen LogP contribution in [0.25, 0.3) is 21.8 Å². The molecule has 4 rings (SSSR count). The van der Waals surface area contributed by atoms with Crippen molar-refractivity contribution in [1.82, 2.24) is 20.2 Å². The monoisotopic (exact) mass is 506 g/mol. The highest BCUT2D eigenvalue weighted by Crippen LogP contribution is 2.33. The third-order valence-electron chi connectivity index (χ3n) is 5.70. The number of tetrazole rings is 1. The Hall–Kier alpha value is -3.56. The van der Waals surface area contributed by atoms with Crippen molar-refractivity contribution in [3.05, 3.63) is 70.6 Å². The maximum atomic E-state index is 12.1. The van der Waals surface area contributed by atoms with Crippen LogP contribution in [0.5, 0.6) is 5.75 Å². The topological polar surface area (TPSA) is 88.4 Å². The van der Waals surface area contributed by atoms with E-state index in [1.54, 1.807) is 22.9 Å². The van der Waals surface area contributed by atoms with Crippen LogP contribution in [0, 0.1) is 6.92 Å². The summed E-state index contributed by atoms with van der Waals surface area (Å²) in [6.45, 7) is 7.04. The smallest absolute Gasteiger partial charge is 0.335 e. The summed E-state index contributed by atoms with van der Waals surface area (Å²) < 4.78 is 18.4. The molecule has 0 bridgehead atoms.